The molecule has 2 atom stereocenters. The maximum absolute atomic E-state index is 13.7. The number of nitrogens with one attached hydrogen (secondary N) is 1. The van der Waals surface area contributed by atoms with Crippen LogP contribution in [-0.2, 0) is 30.3 Å². The van der Waals surface area contributed by atoms with Crippen molar-refractivity contribution in [2.45, 2.75) is 38.6 Å². The number of β-lactam (4-membered cyclic amide) rings is 1. The zero-order valence-corrected chi connectivity index (χ0v) is 21.9. The first-order valence-corrected chi connectivity index (χ1v) is 12.6. The van der Waals surface area contributed by atoms with Crippen LogP contribution in [0.1, 0.15) is 36.6 Å². The Kier molecular flexibility index (Phi) is 8.93. The number of likely N-dealkylation sites (tertiary alicyclic amines) is 1. The maximum atomic E-state index is 13.7. The molecule has 39 heavy (non-hydrogen) atoms. The standard InChI is InChI=1S/C32H30N2O5/c1-4-20-38-31-27(33-26(35)21-23-14-8-5-9-15-23)30(36)34(31)28(22(2)3)32(37)39-29(24-16-10-6-11-17-24)25-18-12-7-13-19-25/h1,5-19,27,29,31H,20-21H2,2-3H3,(H,33,35)/t27-,31+/m0/s1. The third-order valence-electron chi connectivity index (χ3n) is 6.24. The summed E-state index contributed by atoms with van der Waals surface area (Å²) in [4.78, 5) is 40.9. The van der Waals surface area contributed by atoms with Gasteiger partial charge >= 0.3 is 5.97 Å². The molecule has 1 N–H and O–H groups in total. The highest BCUT2D eigenvalue weighted by Crippen LogP contribution is 2.32. The molecule has 198 valence electrons. The van der Waals surface area contributed by atoms with Crippen molar-refractivity contribution in [3.05, 3.63) is 119 Å². The molecule has 0 radical (unpaired) electrons. The van der Waals surface area contributed by atoms with Gasteiger partial charge in [-0.3, -0.25) is 14.5 Å². The van der Waals surface area contributed by atoms with Crippen LogP contribution in [0.2, 0.25) is 0 Å². The van der Waals surface area contributed by atoms with Crippen LogP contribution in [0.3, 0.4) is 0 Å². The van der Waals surface area contributed by atoms with E-state index in [4.69, 9.17) is 15.9 Å². The van der Waals surface area contributed by atoms with Gasteiger partial charge in [-0.15, -0.1) is 6.42 Å². The number of nitrogens with zero attached hydrogens (tertiary/aromatic N) is 1. The zero-order valence-electron chi connectivity index (χ0n) is 21.9. The molecule has 0 saturated carbocycles. The van der Waals surface area contributed by atoms with Crippen LogP contribution >= 0.6 is 0 Å². The molecule has 3 aromatic carbocycles. The van der Waals surface area contributed by atoms with Crippen molar-refractivity contribution in [2.24, 2.45) is 0 Å². The highest BCUT2D eigenvalue weighted by atomic mass is 16.5. The second-order valence-corrected chi connectivity index (χ2v) is 9.28. The van der Waals surface area contributed by atoms with Crippen molar-refractivity contribution in [2.75, 3.05) is 6.61 Å². The van der Waals surface area contributed by atoms with Crippen molar-refractivity contribution in [1.82, 2.24) is 10.2 Å². The molecular weight excluding hydrogens is 492 g/mol. The molecule has 1 fully saturated rings. The second-order valence-electron chi connectivity index (χ2n) is 9.28. The Labute approximate surface area is 228 Å². The topological polar surface area (TPSA) is 84.9 Å². The monoisotopic (exact) mass is 522 g/mol. The summed E-state index contributed by atoms with van der Waals surface area (Å²) in [6.07, 6.45) is 3.84. The number of hydrogen-bond donors (Lipinski definition) is 1. The van der Waals surface area contributed by atoms with Gasteiger partial charge in [0.25, 0.3) is 5.91 Å². The minimum Gasteiger partial charge on any atom is -0.448 e. The van der Waals surface area contributed by atoms with Crippen LogP contribution in [-0.4, -0.2) is 41.6 Å². The average Bonchev–Trinajstić information content (AvgIpc) is 2.95. The summed E-state index contributed by atoms with van der Waals surface area (Å²) in [7, 11) is 0. The number of carbonyl (C=O) groups excluding carboxylic acids is 3. The highest BCUT2D eigenvalue weighted by molar-refractivity contribution is 6.01. The number of amides is 2. The lowest BCUT2D eigenvalue weighted by Gasteiger charge is -2.46. The summed E-state index contributed by atoms with van der Waals surface area (Å²) < 4.78 is 11.8. The van der Waals surface area contributed by atoms with E-state index in [2.05, 4.69) is 11.2 Å². The lowest BCUT2D eigenvalue weighted by atomic mass is 9.99. The molecule has 3 aromatic rings. The van der Waals surface area contributed by atoms with Gasteiger partial charge in [-0.1, -0.05) is 96.9 Å². The van der Waals surface area contributed by atoms with Crippen LogP contribution in [0, 0.1) is 12.3 Å². The Balaban J connectivity index is 1.56. The SMILES string of the molecule is C#CCO[C@@H]1[C@@H](NC(=O)Cc2ccccc2)C(=O)N1C(C(=O)OC(c1ccccc1)c1ccccc1)=C(C)C. The Morgan fingerprint density at radius 3 is 1.97 bits per heavy atom. The normalized spacial score (nSPS) is 16.2. The van der Waals surface area contributed by atoms with Gasteiger partial charge in [-0.25, -0.2) is 4.79 Å². The molecule has 0 aromatic heterocycles. The number of ether oxygens (including phenoxy) is 2. The number of benzene rings is 3. The van der Waals surface area contributed by atoms with E-state index in [1.165, 1.54) is 4.90 Å². The Hall–Kier alpha value is -4.67. The Bertz CT molecular complexity index is 1340. The van der Waals surface area contributed by atoms with E-state index in [0.29, 0.717) is 5.57 Å². The molecular formula is C32H30N2O5. The zero-order chi connectivity index (χ0) is 27.8. The van der Waals surface area contributed by atoms with E-state index in [-0.39, 0.29) is 24.6 Å². The Morgan fingerprint density at radius 2 is 1.46 bits per heavy atom. The number of esters is 1. The third kappa shape index (κ3) is 6.43. The summed E-state index contributed by atoms with van der Waals surface area (Å²) in [5.41, 5.74) is 2.97. The number of rotatable bonds is 10. The fraction of sp³-hybridized carbons (Fsp3) is 0.219. The van der Waals surface area contributed by atoms with Gasteiger partial charge < -0.3 is 14.8 Å². The smallest absolute Gasteiger partial charge is 0.356 e. The van der Waals surface area contributed by atoms with Crippen molar-refractivity contribution in [1.29, 1.82) is 0 Å². The molecule has 4 rings (SSSR count). The van der Waals surface area contributed by atoms with E-state index in [1.54, 1.807) is 13.8 Å². The van der Waals surface area contributed by atoms with Gasteiger partial charge in [0.05, 0.1) is 6.42 Å². The molecule has 0 bridgehead atoms. The largest absolute Gasteiger partial charge is 0.448 e. The van der Waals surface area contributed by atoms with Gasteiger partial charge in [0.1, 0.15) is 12.3 Å². The molecule has 7 nitrogen and oxygen atoms in total. The van der Waals surface area contributed by atoms with E-state index >= 15 is 0 Å². The summed E-state index contributed by atoms with van der Waals surface area (Å²) in [6, 6.07) is 26.9. The lowest BCUT2D eigenvalue weighted by Crippen LogP contribution is -2.71. The van der Waals surface area contributed by atoms with E-state index < -0.39 is 30.3 Å². The molecule has 2 amide bonds. The lowest BCUT2D eigenvalue weighted by molar-refractivity contribution is -0.180. The van der Waals surface area contributed by atoms with E-state index in [9.17, 15) is 14.4 Å². The highest BCUT2D eigenvalue weighted by Gasteiger charge is 2.53. The van der Waals surface area contributed by atoms with Crippen LogP contribution in [0.15, 0.2) is 102 Å². The van der Waals surface area contributed by atoms with Crippen LogP contribution < -0.4 is 5.32 Å². The van der Waals surface area contributed by atoms with Gasteiger partial charge in [-0.2, -0.15) is 0 Å². The van der Waals surface area contributed by atoms with E-state index in [1.807, 2.05) is 91.0 Å². The molecule has 1 aliphatic rings. The van der Waals surface area contributed by atoms with Crippen molar-refractivity contribution >= 4 is 17.8 Å². The first-order chi connectivity index (χ1) is 18.9. The van der Waals surface area contributed by atoms with Gasteiger partial charge in [0.2, 0.25) is 5.91 Å². The molecule has 0 spiro atoms. The Morgan fingerprint density at radius 1 is 0.923 bits per heavy atom. The number of carbonyl (C=O) groups is 3. The first kappa shape index (κ1) is 27.4. The number of terminal acetylenes is 1. The van der Waals surface area contributed by atoms with Gasteiger partial charge in [0.15, 0.2) is 18.4 Å². The first-order valence-electron chi connectivity index (χ1n) is 12.6. The van der Waals surface area contributed by atoms with Crippen LogP contribution in [0.4, 0.5) is 0 Å². The molecule has 1 saturated heterocycles. The summed E-state index contributed by atoms with van der Waals surface area (Å²) in [6.45, 7) is 3.31. The molecule has 0 unspecified atom stereocenters. The fourth-order valence-electron chi connectivity index (χ4n) is 4.44. The van der Waals surface area contributed by atoms with Crippen LogP contribution in [0.25, 0.3) is 0 Å². The number of allylic oxidation sites excluding steroid dienone is 1. The number of hydrogen-bond acceptors (Lipinski definition) is 5. The summed E-state index contributed by atoms with van der Waals surface area (Å²) in [5, 5.41) is 2.73. The van der Waals surface area contributed by atoms with Crippen molar-refractivity contribution < 1.29 is 23.9 Å². The predicted octanol–water partition coefficient (Wildman–Crippen LogP) is 4.16. The predicted molar refractivity (Wildman–Crippen MR) is 147 cm³/mol. The minimum absolute atomic E-state index is 0.0486. The summed E-state index contributed by atoms with van der Waals surface area (Å²) in [5.74, 6) is 0.865. The van der Waals surface area contributed by atoms with Gasteiger partial charge in [-0.05, 0) is 36.1 Å². The average molecular weight is 523 g/mol. The minimum atomic E-state index is -0.990. The maximum Gasteiger partial charge on any atom is 0.356 e. The molecule has 7 heteroatoms. The third-order valence-corrected chi connectivity index (χ3v) is 6.24. The second kappa shape index (κ2) is 12.7. The fourth-order valence-corrected chi connectivity index (χ4v) is 4.44. The molecule has 1 aliphatic heterocycles. The van der Waals surface area contributed by atoms with E-state index in [0.717, 1.165) is 16.7 Å². The van der Waals surface area contributed by atoms with Crippen molar-refractivity contribution in [3.63, 3.8) is 0 Å². The van der Waals surface area contributed by atoms with Crippen molar-refractivity contribution in [3.8, 4) is 12.3 Å². The quantitative estimate of drug-likeness (QED) is 0.187. The molecule has 1 heterocycles. The van der Waals surface area contributed by atoms with Crippen LogP contribution in [0.5, 0.6) is 0 Å². The molecule has 0 aliphatic carbocycles. The summed E-state index contributed by atoms with van der Waals surface area (Å²) >= 11 is 0. The van der Waals surface area contributed by atoms with Gasteiger partial charge in [0, 0.05) is 0 Å².